The maximum atomic E-state index is 12.4. The Balaban J connectivity index is 1.78. The van der Waals surface area contributed by atoms with E-state index in [0.717, 1.165) is 0 Å². The molecule has 2 atom stereocenters. The van der Waals surface area contributed by atoms with Crippen LogP contribution >= 0.6 is 11.6 Å². The van der Waals surface area contributed by atoms with E-state index in [4.69, 9.17) is 11.6 Å². The highest BCUT2D eigenvalue weighted by Crippen LogP contribution is 2.23. The van der Waals surface area contributed by atoms with E-state index in [-0.39, 0.29) is 18.5 Å². The normalized spacial score (nSPS) is 22.2. The van der Waals surface area contributed by atoms with Gasteiger partial charge in [-0.2, -0.15) is 0 Å². The third-order valence-corrected chi connectivity index (χ3v) is 3.63. The van der Waals surface area contributed by atoms with E-state index in [0.29, 0.717) is 17.1 Å². The van der Waals surface area contributed by atoms with Gasteiger partial charge in [0.2, 0.25) is 0 Å². The number of likely N-dealkylation sites (tertiary alicyclic amines) is 1. The lowest BCUT2D eigenvalue weighted by Crippen LogP contribution is -2.29. The Morgan fingerprint density at radius 1 is 1.40 bits per heavy atom. The van der Waals surface area contributed by atoms with Crippen LogP contribution in [0.15, 0.2) is 36.7 Å². The Kier molecular flexibility index (Phi) is 3.42. The summed E-state index contributed by atoms with van der Waals surface area (Å²) in [6, 6.07) is 6.52. The molecule has 6 nitrogen and oxygen atoms in total. The van der Waals surface area contributed by atoms with Gasteiger partial charge >= 0.3 is 0 Å². The first-order valence-corrected chi connectivity index (χ1v) is 6.61. The predicted molar refractivity (Wildman–Crippen MR) is 72.4 cm³/mol. The van der Waals surface area contributed by atoms with Gasteiger partial charge in [-0.15, -0.1) is 5.10 Å². The number of nitrogens with zero attached hydrogens (tertiary/aromatic N) is 4. The van der Waals surface area contributed by atoms with Gasteiger partial charge in [0.25, 0.3) is 5.91 Å². The van der Waals surface area contributed by atoms with E-state index < -0.39 is 6.10 Å². The lowest BCUT2D eigenvalue weighted by molar-refractivity contribution is 0.0764. The van der Waals surface area contributed by atoms with E-state index in [1.807, 2.05) is 0 Å². The van der Waals surface area contributed by atoms with Gasteiger partial charge in [0, 0.05) is 29.9 Å². The molecular weight excluding hydrogens is 280 g/mol. The zero-order valence-electron chi connectivity index (χ0n) is 10.6. The van der Waals surface area contributed by atoms with Crippen LogP contribution in [0.3, 0.4) is 0 Å². The first kappa shape index (κ1) is 13.1. The van der Waals surface area contributed by atoms with Crippen LogP contribution in [0.1, 0.15) is 16.4 Å². The Hall–Kier alpha value is -1.92. The number of carbonyl (C=O) groups excluding carboxylic acids is 1. The Labute approximate surface area is 120 Å². The van der Waals surface area contributed by atoms with Crippen molar-refractivity contribution in [3.8, 4) is 0 Å². The summed E-state index contributed by atoms with van der Waals surface area (Å²) in [5.41, 5.74) is 0.518. The van der Waals surface area contributed by atoms with Crippen LogP contribution in [0, 0.1) is 0 Å². The summed E-state index contributed by atoms with van der Waals surface area (Å²) in [6.45, 7) is 0.672. The number of amides is 1. The van der Waals surface area contributed by atoms with Gasteiger partial charge in [-0.1, -0.05) is 22.9 Å². The lowest BCUT2D eigenvalue weighted by atomic mass is 10.2. The zero-order valence-corrected chi connectivity index (χ0v) is 11.3. The van der Waals surface area contributed by atoms with Crippen LogP contribution in [0.4, 0.5) is 0 Å². The van der Waals surface area contributed by atoms with Gasteiger partial charge < -0.3 is 10.0 Å². The topological polar surface area (TPSA) is 71.2 Å². The number of aliphatic hydroxyl groups excluding tert-OH is 1. The van der Waals surface area contributed by atoms with Crippen molar-refractivity contribution in [3.63, 3.8) is 0 Å². The summed E-state index contributed by atoms with van der Waals surface area (Å²) in [5, 5.41) is 18.2. The number of rotatable bonds is 2. The first-order valence-electron chi connectivity index (χ1n) is 6.24. The van der Waals surface area contributed by atoms with Crippen molar-refractivity contribution < 1.29 is 9.90 Å². The SMILES string of the molecule is O=C(c1cccc(Cl)c1)N1C[C@@H](O)[C@H](n2ccnn2)C1. The van der Waals surface area contributed by atoms with Crippen molar-refractivity contribution in [2.45, 2.75) is 12.1 Å². The van der Waals surface area contributed by atoms with Crippen LogP contribution in [-0.2, 0) is 0 Å². The van der Waals surface area contributed by atoms with Gasteiger partial charge in [-0.3, -0.25) is 4.79 Å². The van der Waals surface area contributed by atoms with Crippen molar-refractivity contribution in [2.24, 2.45) is 0 Å². The summed E-state index contributed by atoms with van der Waals surface area (Å²) >= 11 is 5.89. The first-order chi connectivity index (χ1) is 9.65. The van der Waals surface area contributed by atoms with E-state index in [1.54, 1.807) is 46.2 Å². The Morgan fingerprint density at radius 3 is 2.95 bits per heavy atom. The highest BCUT2D eigenvalue weighted by atomic mass is 35.5. The lowest BCUT2D eigenvalue weighted by Gasteiger charge is -2.16. The molecule has 0 bridgehead atoms. The molecule has 1 amide bonds. The third kappa shape index (κ3) is 2.39. The van der Waals surface area contributed by atoms with Crippen LogP contribution in [0.25, 0.3) is 0 Å². The molecule has 1 aromatic carbocycles. The highest BCUT2D eigenvalue weighted by Gasteiger charge is 2.36. The molecule has 0 aliphatic carbocycles. The quantitative estimate of drug-likeness (QED) is 0.896. The fraction of sp³-hybridized carbons (Fsp3) is 0.308. The summed E-state index contributed by atoms with van der Waals surface area (Å²) in [4.78, 5) is 14.0. The van der Waals surface area contributed by atoms with Crippen LogP contribution in [0.5, 0.6) is 0 Å². The highest BCUT2D eigenvalue weighted by molar-refractivity contribution is 6.30. The third-order valence-electron chi connectivity index (χ3n) is 3.40. The van der Waals surface area contributed by atoms with E-state index in [9.17, 15) is 9.90 Å². The summed E-state index contributed by atoms with van der Waals surface area (Å²) < 4.78 is 1.58. The number of aliphatic hydroxyl groups is 1. The van der Waals surface area contributed by atoms with Gasteiger partial charge in [0.1, 0.15) is 0 Å². The number of aromatic nitrogens is 3. The average Bonchev–Trinajstić information content (AvgIpc) is 3.06. The summed E-state index contributed by atoms with van der Waals surface area (Å²) in [6.07, 6.45) is 2.58. The molecule has 2 aromatic rings. The molecule has 7 heteroatoms. The number of hydrogen-bond donors (Lipinski definition) is 1. The molecule has 20 heavy (non-hydrogen) atoms. The van der Waals surface area contributed by atoms with Crippen molar-refractivity contribution in [1.29, 1.82) is 0 Å². The monoisotopic (exact) mass is 292 g/mol. The second-order valence-electron chi connectivity index (χ2n) is 4.74. The zero-order chi connectivity index (χ0) is 14.1. The maximum Gasteiger partial charge on any atom is 0.254 e. The molecule has 0 unspecified atom stereocenters. The van der Waals surface area contributed by atoms with Gasteiger partial charge in [0.05, 0.1) is 18.3 Å². The van der Waals surface area contributed by atoms with E-state index >= 15 is 0 Å². The fourth-order valence-electron chi connectivity index (χ4n) is 2.39. The number of halogens is 1. The smallest absolute Gasteiger partial charge is 0.254 e. The molecule has 104 valence electrons. The second kappa shape index (κ2) is 5.22. The van der Waals surface area contributed by atoms with Gasteiger partial charge in [-0.05, 0) is 18.2 Å². The molecule has 0 spiro atoms. The summed E-state index contributed by atoms with van der Waals surface area (Å²) in [7, 11) is 0. The predicted octanol–water partition coefficient (Wildman–Crippen LogP) is 0.989. The van der Waals surface area contributed by atoms with E-state index in [2.05, 4.69) is 10.3 Å². The van der Waals surface area contributed by atoms with Crippen LogP contribution in [0.2, 0.25) is 5.02 Å². The molecule has 1 aliphatic rings. The van der Waals surface area contributed by atoms with Gasteiger partial charge in [-0.25, -0.2) is 4.68 Å². The average molecular weight is 293 g/mol. The molecule has 0 radical (unpaired) electrons. The Bertz CT molecular complexity index is 617. The number of hydrogen-bond acceptors (Lipinski definition) is 4. The second-order valence-corrected chi connectivity index (χ2v) is 5.17. The van der Waals surface area contributed by atoms with Crippen molar-refractivity contribution >= 4 is 17.5 Å². The summed E-state index contributed by atoms with van der Waals surface area (Å²) in [5.74, 6) is -0.144. The van der Waals surface area contributed by atoms with Crippen LogP contribution in [-0.4, -0.2) is 50.1 Å². The fourth-order valence-corrected chi connectivity index (χ4v) is 2.58. The molecule has 0 saturated carbocycles. The minimum atomic E-state index is -0.653. The molecular formula is C13H13ClN4O2. The molecule has 1 fully saturated rings. The maximum absolute atomic E-state index is 12.4. The minimum Gasteiger partial charge on any atom is -0.389 e. The van der Waals surface area contributed by atoms with E-state index in [1.165, 1.54) is 0 Å². The molecule has 1 N–H and O–H groups in total. The largest absolute Gasteiger partial charge is 0.389 e. The van der Waals surface area contributed by atoms with Crippen LogP contribution < -0.4 is 0 Å². The molecule has 1 aliphatic heterocycles. The van der Waals surface area contributed by atoms with Crippen molar-refractivity contribution in [1.82, 2.24) is 19.9 Å². The minimum absolute atomic E-state index is 0.144. The standard InChI is InChI=1S/C13H13ClN4O2/c14-10-3-1-2-9(6-10)13(20)17-7-11(12(19)8-17)18-5-4-15-16-18/h1-6,11-12,19H,7-8H2/t11-,12-/m1/s1. The molecule has 3 rings (SSSR count). The van der Waals surface area contributed by atoms with Crippen molar-refractivity contribution in [2.75, 3.05) is 13.1 Å². The number of carbonyl (C=O) groups is 1. The van der Waals surface area contributed by atoms with Gasteiger partial charge in [0.15, 0.2) is 0 Å². The molecule has 1 saturated heterocycles. The Morgan fingerprint density at radius 2 is 2.25 bits per heavy atom. The number of β-amino-alcohol motifs (C(OH)–C–C–N with tert-alkyl or cyclic N) is 1. The number of benzene rings is 1. The molecule has 2 heterocycles. The van der Waals surface area contributed by atoms with Crippen molar-refractivity contribution in [3.05, 3.63) is 47.2 Å². The molecule has 1 aromatic heterocycles.